The average Bonchev–Trinajstić information content (AvgIpc) is 1.35. The lowest BCUT2D eigenvalue weighted by Gasteiger charge is -2.03. The molecule has 2 nitrogen and oxygen atoms in total. The molecule has 6 heavy (non-hydrogen) atoms. The first-order chi connectivity index (χ1) is 2.77. The first-order valence-electron chi connectivity index (χ1n) is 2.23. The molecule has 0 fully saturated rings. The summed E-state index contributed by atoms with van der Waals surface area (Å²) in [5.74, 6) is 5.24. The normalized spacial score (nSPS) is 10.0. The van der Waals surface area contributed by atoms with Gasteiger partial charge >= 0.3 is 0 Å². The third kappa shape index (κ3) is 3.92. The molecule has 0 unspecified atom stereocenters. The molecular weight excluding hydrogens is 76.1 g/mol. The van der Waals surface area contributed by atoms with E-state index >= 15 is 0 Å². The van der Waals surface area contributed by atoms with Crippen LogP contribution in [0.1, 0.15) is 13.3 Å². The Balaban J connectivity index is 2.63. The minimum Gasteiger partial charge on any atom is -0.269 e. The summed E-state index contributed by atoms with van der Waals surface area (Å²) in [5.41, 5.74) is 0. The van der Waals surface area contributed by atoms with Crippen molar-refractivity contribution in [3.63, 3.8) is 0 Å². The molecule has 0 aliphatic rings. The van der Waals surface area contributed by atoms with Gasteiger partial charge in [-0.15, -0.1) is 0 Å². The van der Waals surface area contributed by atoms with Crippen molar-refractivity contribution in [3.05, 3.63) is 0 Å². The molecule has 0 saturated heterocycles. The van der Waals surface area contributed by atoms with Gasteiger partial charge in [0.05, 0.1) is 0 Å². The molecule has 0 aliphatic carbocycles. The lowest BCUT2D eigenvalue weighted by molar-refractivity contribution is 0.350. The lowest BCUT2D eigenvalue weighted by atomic mass is 10.5. The van der Waals surface area contributed by atoms with Gasteiger partial charge in [-0.05, 0) is 6.42 Å². The highest BCUT2D eigenvalue weighted by Gasteiger charge is 1.79. The van der Waals surface area contributed by atoms with E-state index in [0.717, 1.165) is 13.0 Å². The van der Waals surface area contributed by atoms with Gasteiger partial charge < -0.3 is 0 Å². The fraction of sp³-hybridized carbons (Fsp3) is 1.00. The van der Waals surface area contributed by atoms with Gasteiger partial charge in [0.1, 0.15) is 0 Å². The summed E-state index contributed by atoms with van der Waals surface area (Å²) < 4.78 is 0. The smallest absolute Gasteiger partial charge is 0.0122 e. The summed E-state index contributed by atoms with van der Waals surface area (Å²) >= 11 is 0. The molecule has 0 heterocycles. The second-order valence-electron chi connectivity index (χ2n) is 1.48. The molecule has 0 radical (unpaired) electrons. The molecule has 0 aliphatic heterocycles. The van der Waals surface area contributed by atoms with Crippen molar-refractivity contribution in [2.24, 2.45) is 5.84 Å². The van der Waals surface area contributed by atoms with Crippen LogP contribution in [-0.2, 0) is 0 Å². The van der Waals surface area contributed by atoms with Crippen molar-refractivity contribution in [2.75, 3.05) is 13.6 Å². The van der Waals surface area contributed by atoms with Crippen LogP contribution in [0.5, 0.6) is 0 Å². The maximum atomic E-state index is 5.24. The van der Waals surface area contributed by atoms with E-state index in [9.17, 15) is 0 Å². The molecule has 0 aromatic heterocycles. The Morgan fingerprint density at radius 3 is 2.17 bits per heavy atom. The fourth-order valence-electron chi connectivity index (χ4n) is 0.353. The van der Waals surface area contributed by atoms with Gasteiger partial charge in [-0.1, -0.05) is 6.92 Å². The SMILES string of the molecule is CCCN(C)N. The molecule has 0 rings (SSSR count). The van der Waals surface area contributed by atoms with Gasteiger partial charge in [0.15, 0.2) is 0 Å². The molecule has 38 valence electrons. The number of nitrogens with two attached hydrogens (primary N) is 1. The first-order valence-corrected chi connectivity index (χ1v) is 2.23. The van der Waals surface area contributed by atoms with E-state index in [1.165, 1.54) is 0 Å². The minimum atomic E-state index is 0.986. The highest BCUT2D eigenvalue weighted by Crippen LogP contribution is 1.72. The number of rotatable bonds is 2. The highest BCUT2D eigenvalue weighted by atomic mass is 15.4. The third-order valence-electron chi connectivity index (χ3n) is 0.576. The van der Waals surface area contributed by atoms with Gasteiger partial charge in [0.2, 0.25) is 0 Å². The average molecular weight is 88.2 g/mol. The summed E-state index contributed by atoms with van der Waals surface area (Å²) in [6, 6.07) is 0. The van der Waals surface area contributed by atoms with E-state index in [4.69, 9.17) is 5.84 Å². The second kappa shape index (κ2) is 3.12. The number of hydrogen-bond acceptors (Lipinski definition) is 2. The van der Waals surface area contributed by atoms with Crippen LogP contribution in [0.3, 0.4) is 0 Å². The van der Waals surface area contributed by atoms with Gasteiger partial charge in [0, 0.05) is 13.6 Å². The topological polar surface area (TPSA) is 29.3 Å². The Morgan fingerprint density at radius 1 is 1.67 bits per heavy atom. The number of hydrazine groups is 1. The minimum absolute atomic E-state index is 0.986. The maximum Gasteiger partial charge on any atom is 0.0122 e. The van der Waals surface area contributed by atoms with E-state index < -0.39 is 0 Å². The van der Waals surface area contributed by atoms with E-state index in [-0.39, 0.29) is 0 Å². The van der Waals surface area contributed by atoms with E-state index in [0.29, 0.717) is 0 Å². The van der Waals surface area contributed by atoms with Crippen LogP contribution in [0.4, 0.5) is 0 Å². The number of hydrogen-bond donors (Lipinski definition) is 1. The number of nitrogens with zero attached hydrogens (tertiary/aromatic N) is 1. The Labute approximate surface area is 38.9 Å². The fourth-order valence-corrected chi connectivity index (χ4v) is 0.353. The summed E-state index contributed by atoms with van der Waals surface area (Å²) in [6.07, 6.45) is 1.13. The van der Waals surface area contributed by atoms with Crippen LogP contribution in [0, 0.1) is 0 Å². The molecule has 2 heteroatoms. The molecule has 0 bridgehead atoms. The van der Waals surface area contributed by atoms with E-state index in [1.807, 2.05) is 7.05 Å². The largest absolute Gasteiger partial charge is 0.269 e. The molecule has 0 aromatic rings. The predicted molar refractivity (Wildman–Crippen MR) is 27.1 cm³/mol. The summed E-state index contributed by atoms with van der Waals surface area (Å²) in [6.45, 7) is 3.09. The van der Waals surface area contributed by atoms with Gasteiger partial charge in [-0.3, -0.25) is 10.9 Å². The molecule has 0 aromatic carbocycles. The van der Waals surface area contributed by atoms with Gasteiger partial charge in [0.25, 0.3) is 0 Å². The Morgan fingerprint density at radius 2 is 2.17 bits per heavy atom. The van der Waals surface area contributed by atoms with Crippen LogP contribution in [0.2, 0.25) is 0 Å². The van der Waals surface area contributed by atoms with Crippen molar-refractivity contribution < 1.29 is 0 Å². The van der Waals surface area contributed by atoms with Crippen molar-refractivity contribution in [3.8, 4) is 0 Å². The molecular formula is C4H12N2. The van der Waals surface area contributed by atoms with E-state index in [2.05, 4.69) is 6.92 Å². The van der Waals surface area contributed by atoms with Crippen LogP contribution in [0.25, 0.3) is 0 Å². The van der Waals surface area contributed by atoms with Gasteiger partial charge in [-0.25, -0.2) is 0 Å². The molecule has 0 amide bonds. The predicted octanol–water partition coefficient (Wildman–Crippen LogP) is 0.202. The summed E-state index contributed by atoms with van der Waals surface area (Å²) in [4.78, 5) is 0. The zero-order valence-corrected chi connectivity index (χ0v) is 4.44. The zero-order valence-electron chi connectivity index (χ0n) is 4.44. The quantitative estimate of drug-likeness (QED) is 0.386. The Hall–Kier alpha value is -0.0800. The van der Waals surface area contributed by atoms with Gasteiger partial charge in [-0.2, -0.15) is 0 Å². The lowest BCUT2D eigenvalue weighted by Crippen LogP contribution is -2.26. The standard InChI is InChI=1S/C4H12N2/c1-3-4-6(2)5/h3-5H2,1-2H3. The summed E-state index contributed by atoms with van der Waals surface area (Å²) in [5, 5.41) is 1.68. The molecule has 0 spiro atoms. The third-order valence-corrected chi connectivity index (χ3v) is 0.576. The zero-order chi connectivity index (χ0) is 4.99. The maximum absolute atomic E-state index is 5.24. The van der Waals surface area contributed by atoms with Crippen molar-refractivity contribution in [1.82, 2.24) is 5.01 Å². The highest BCUT2D eigenvalue weighted by molar-refractivity contribution is 4.31. The molecule has 0 saturated carbocycles. The van der Waals surface area contributed by atoms with Crippen molar-refractivity contribution in [2.45, 2.75) is 13.3 Å². The van der Waals surface area contributed by atoms with Crippen LogP contribution < -0.4 is 5.84 Å². The summed E-state index contributed by atoms with van der Waals surface area (Å²) in [7, 11) is 1.86. The van der Waals surface area contributed by atoms with Crippen molar-refractivity contribution in [1.29, 1.82) is 0 Å². The molecule has 2 N–H and O–H groups in total. The Kier molecular flexibility index (Phi) is 3.08. The van der Waals surface area contributed by atoms with Crippen LogP contribution >= 0.6 is 0 Å². The molecule has 0 atom stereocenters. The van der Waals surface area contributed by atoms with Crippen LogP contribution in [-0.4, -0.2) is 18.6 Å². The monoisotopic (exact) mass is 88.1 g/mol. The second-order valence-corrected chi connectivity index (χ2v) is 1.48. The van der Waals surface area contributed by atoms with Crippen molar-refractivity contribution >= 4 is 0 Å². The Bertz CT molecular complexity index is 26.7. The van der Waals surface area contributed by atoms with Crippen LogP contribution in [0.15, 0.2) is 0 Å². The first kappa shape index (κ1) is 5.92. The van der Waals surface area contributed by atoms with E-state index in [1.54, 1.807) is 5.01 Å².